The van der Waals surface area contributed by atoms with Gasteiger partial charge in [-0.25, -0.2) is 8.42 Å². The van der Waals surface area contributed by atoms with Crippen molar-refractivity contribution in [1.29, 1.82) is 0 Å². The molecule has 2 amide bonds. The summed E-state index contributed by atoms with van der Waals surface area (Å²) in [7, 11) is -1.37. The van der Waals surface area contributed by atoms with Gasteiger partial charge in [-0.15, -0.1) is 0 Å². The Balaban J connectivity index is 2.08. The van der Waals surface area contributed by atoms with Gasteiger partial charge in [-0.1, -0.05) is 35.9 Å². The van der Waals surface area contributed by atoms with Crippen LogP contribution >= 0.6 is 11.6 Å². The predicted octanol–water partition coefficient (Wildman–Crippen LogP) is 4.88. The first-order valence-corrected chi connectivity index (χ1v) is 14.7. The number of hydrogen-bond acceptors (Lipinski definition) is 6. The maximum Gasteiger partial charge on any atom is 0.264 e. The van der Waals surface area contributed by atoms with E-state index in [-0.39, 0.29) is 28.8 Å². The average Bonchev–Trinajstić information content (AvgIpc) is 2.93. The Labute approximate surface area is 247 Å². The van der Waals surface area contributed by atoms with Crippen molar-refractivity contribution in [3.8, 4) is 11.5 Å². The number of amides is 2. The van der Waals surface area contributed by atoms with Gasteiger partial charge in [0.25, 0.3) is 10.0 Å². The zero-order chi connectivity index (χ0) is 30.4. The van der Waals surface area contributed by atoms with Gasteiger partial charge < -0.3 is 19.7 Å². The molecule has 220 valence electrons. The van der Waals surface area contributed by atoms with Crippen LogP contribution in [0.2, 0.25) is 5.02 Å². The summed E-state index contributed by atoms with van der Waals surface area (Å²) in [6.07, 6.45) is 0. The summed E-state index contributed by atoms with van der Waals surface area (Å²) in [6, 6.07) is 18.4. The van der Waals surface area contributed by atoms with Crippen molar-refractivity contribution in [2.75, 3.05) is 25.1 Å². The van der Waals surface area contributed by atoms with E-state index in [4.69, 9.17) is 21.1 Å². The number of rotatable bonds is 11. The Morgan fingerprint density at radius 2 is 1.61 bits per heavy atom. The molecule has 0 radical (unpaired) electrons. The van der Waals surface area contributed by atoms with E-state index in [1.54, 1.807) is 55.5 Å². The zero-order valence-corrected chi connectivity index (χ0v) is 25.6. The van der Waals surface area contributed by atoms with Gasteiger partial charge in [0.1, 0.15) is 24.1 Å². The molecule has 3 aromatic rings. The average molecular weight is 602 g/mol. The maximum absolute atomic E-state index is 14.1. The highest BCUT2D eigenvalue weighted by atomic mass is 35.5. The molecule has 41 heavy (non-hydrogen) atoms. The molecule has 1 atom stereocenters. The highest BCUT2D eigenvalue weighted by Gasteiger charge is 2.34. The normalized spacial score (nSPS) is 12.3. The van der Waals surface area contributed by atoms with Crippen LogP contribution in [-0.4, -0.2) is 57.5 Å². The lowest BCUT2D eigenvalue weighted by Gasteiger charge is -2.33. The van der Waals surface area contributed by atoms with Gasteiger partial charge in [-0.05, 0) is 81.8 Å². The Morgan fingerprint density at radius 1 is 0.951 bits per heavy atom. The fourth-order valence-electron chi connectivity index (χ4n) is 4.11. The molecule has 0 saturated carbocycles. The molecule has 0 aromatic heterocycles. The molecular formula is C30H36ClN3O6S. The molecule has 0 fully saturated rings. The van der Waals surface area contributed by atoms with E-state index >= 15 is 0 Å². The highest BCUT2D eigenvalue weighted by Crippen LogP contribution is 2.33. The van der Waals surface area contributed by atoms with Gasteiger partial charge in [0, 0.05) is 17.1 Å². The minimum Gasteiger partial charge on any atom is -0.497 e. The number of anilines is 1. The smallest absolute Gasteiger partial charge is 0.264 e. The predicted molar refractivity (Wildman–Crippen MR) is 160 cm³/mol. The van der Waals surface area contributed by atoms with Gasteiger partial charge in [-0.3, -0.25) is 13.9 Å². The third kappa shape index (κ3) is 8.14. The molecule has 0 saturated heterocycles. The van der Waals surface area contributed by atoms with Gasteiger partial charge in [-0.2, -0.15) is 0 Å². The van der Waals surface area contributed by atoms with E-state index in [0.29, 0.717) is 16.3 Å². The Bertz CT molecular complexity index is 1470. The number of methoxy groups -OCH3 is 2. The monoisotopic (exact) mass is 601 g/mol. The quantitative estimate of drug-likeness (QED) is 0.336. The number of para-hydroxylation sites is 2. The van der Waals surface area contributed by atoms with Crippen molar-refractivity contribution in [2.24, 2.45) is 0 Å². The standard InChI is InChI=1S/C30H36ClN3O6S/c1-21(29(36)32-30(2,3)4)33(19-22-10-9-11-23(31)18-22)28(35)20-34(26-12-7-8-13-27(26)40-6)41(37,38)25-16-14-24(39-5)15-17-25/h7-18,21H,19-20H2,1-6H3,(H,32,36)/t21-/m0/s1. The van der Waals surface area contributed by atoms with Gasteiger partial charge in [0.2, 0.25) is 11.8 Å². The third-order valence-electron chi connectivity index (χ3n) is 6.19. The zero-order valence-electron chi connectivity index (χ0n) is 24.0. The van der Waals surface area contributed by atoms with Crippen LogP contribution in [-0.2, 0) is 26.2 Å². The Kier molecular flexibility index (Phi) is 10.3. The molecule has 9 nitrogen and oxygen atoms in total. The largest absolute Gasteiger partial charge is 0.497 e. The summed E-state index contributed by atoms with van der Waals surface area (Å²) in [5, 5.41) is 3.37. The molecule has 0 unspecified atom stereocenters. The summed E-state index contributed by atoms with van der Waals surface area (Å²) >= 11 is 6.19. The molecule has 0 bridgehead atoms. The Hall–Kier alpha value is -3.76. The molecule has 1 N–H and O–H groups in total. The number of hydrogen-bond donors (Lipinski definition) is 1. The van der Waals surface area contributed by atoms with E-state index in [1.165, 1.54) is 43.4 Å². The second kappa shape index (κ2) is 13.3. The maximum atomic E-state index is 14.1. The van der Waals surface area contributed by atoms with Crippen LogP contribution in [0.3, 0.4) is 0 Å². The number of ether oxygens (including phenoxy) is 2. The number of benzene rings is 3. The lowest BCUT2D eigenvalue weighted by Crippen LogP contribution is -2.54. The topological polar surface area (TPSA) is 105 Å². The fraction of sp³-hybridized carbons (Fsp3) is 0.333. The van der Waals surface area contributed by atoms with Gasteiger partial charge in [0.15, 0.2) is 0 Å². The second-order valence-corrected chi connectivity index (χ2v) is 12.7. The van der Waals surface area contributed by atoms with E-state index < -0.39 is 34.1 Å². The third-order valence-corrected chi connectivity index (χ3v) is 8.20. The van der Waals surface area contributed by atoms with E-state index in [2.05, 4.69) is 5.32 Å². The minimum absolute atomic E-state index is 0.0282. The summed E-state index contributed by atoms with van der Waals surface area (Å²) < 4.78 is 39.7. The number of carbonyl (C=O) groups is 2. The number of carbonyl (C=O) groups excluding carboxylic acids is 2. The summed E-state index contributed by atoms with van der Waals surface area (Å²) in [4.78, 5) is 28.6. The van der Waals surface area contributed by atoms with E-state index in [1.807, 2.05) is 20.8 Å². The Morgan fingerprint density at radius 3 is 2.20 bits per heavy atom. The van der Waals surface area contributed by atoms with Crippen LogP contribution in [0.1, 0.15) is 33.3 Å². The highest BCUT2D eigenvalue weighted by molar-refractivity contribution is 7.92. The molecule has 0 aliphatic carbocycles. The number of halogens is 1. The van der Waals surface area contributed by atoms with Crippen LogP contribution in [0.15, 0.2) is 77.7 Å². The van der Waals surface area contributed by atoms with E-state index in [0.717, 1.165) is 4.31 Å². The van der Waals surface area contributed by atoms with Crippen molar-refractivity contribution in [3.05, 3.63) is 83.4 Å². The first-order valence-electron chi connectivity index (χ1n) is 12.9. The van der Waals surface area contributed by atoms with Crippen molar-refractivity contribution >= 4 is 39.1 Å². The van der Waals surface area contributed by atoms with Crippen molar-refractivity contribution < 1.29 is 27.5 Å². The lowest BCUT2D eigenvalue weighted by atomic mass is 10.1. The first-order chi connectivity index (χ1) is 19.3. The van der Waals surface area contributed by atoms with Crippen LogP contribution in [0.5, 0.6) is 11.5 Å². The molecule has 0 heterocycles. The molecule has 3 rings (SSSR count). The molecule has 0 spiro atoms. The number of nitrogens with zero attached hydrogens (tertiary/aromatic N) is 2. The van der Waals surface area contributed by atoms with Crippen molar-refractivity contribution in [2.45, 2.75) is 50.7 Å². The van der Waals surface area contributed by atoms with E-state index in [9.17, 15) is 18.0 Å². The number of sulfonamides is 1. The molecule has 0 aliphatic heterocycles. The minimum atomic E-state index is -4.27. The second-order valence-electron chi connectivity index (χ2n) is 10.4. The summed E-state index contributed by atoms with van der Waals surface area (Å²) in [5.74, 6) is -0.230. The number of nitrogens with one attached hydrogen (secondary N) is 1. The molecule has 11 heteroatoms. The van der Waals surface area contributed by atoms with Crippen molar-refractivity contribution in [3.63, 3.8) is 0 Å². The van der Waals surface area contributed by atoms with Crippen LogP contribution in [0, 0.1) is 0 Å². The van der Waals surface area contributed by atoms with Crippen molar-refractivity contribution in [1.82, 2.24) is 10.2 Å². The van der Waals surface area contributed by atoms with Crippen LogP contribution in [0.4, 0.5) is 5.69 Å². The van der Waals surface area contributed by atoms with Gasteiger partial charge >= 0.3 is 0 Å². The lowest BCUT2D eigenvalue weighted by molar-refractivity contribution is -0.140. The molecule has 0 aliphatic rings. The fourth-order valence-corrected chi connectivity index (χ4v) is 5.75. The summed E-state index contributed by atoms with van der Waals surface area (Å²) in [5.41, 5.74) is 0.314. The molecular weight excluding hydrogens is 566 g/mol. The van der Waals surface area contributed by atoms with Gasteiger partial charge in [0.05, 0.1) is 24.8 Å². The van der Waals surface area contributed by atoms with Crippen LogP contribution in [0.25, 0.3) is 0 Å². The first kappa shape index (κ1) is 31.8. The SMILES string of the molecule is COc1ccc(S(=O)(=O)N(CC(=O)N(Cc2cccc(Cl)c2)[C@@H](C)C(=O)NC(C)(C)C)c2ccccc2OC)cc1. The summed E-state index contributed by atoms with van der Waals surface area (Å²) in [6.45, 7) is 6.56. The molecule has 3 aromatic carbocycles. The van der Waals surface area contributed by atoms with Crippen LogP contribution < -0.4 is 19.1 Å².